The molecule has 0 spiro atoms. The molecule has 0 amide bonds. The first kappa shape index (κ1) is 13.6. The van der Waals surface area contributed by atoms with E-state index in [1.54, 1.807) is 0 Å². The fraction of sp³-hybridized carbons (Fsp3) is 0.647. The zero-order valence-electron chi connectivity index (χ0n) is 13.1. The van der Waals surface area contributed by atoms with E-state index >= 15 is 0 Å². The largest absolute Gasteiger partial charge is 0.329 e. The molecular formula is C17H25N3. The highest BCUT2D eigenvalue weighted by molar-refractivity contribution is 5.78. The molecule has 1 aliphatic carbocycles. The Morgan fingerprint density at radius 1 is 1.25 bits per heavy atom. The van der Waals surface area contributed by atoms with Crippen molar-refractivity contribution >= 4 is 11.0 Å². The summed E-state index contributed by atoms with van der Waals surface area (Å²) in [7, 11) is 0. The maximum atomic E-state index is 4.69. The van der Waals surface area contributed by atoms with E-state index in [-0.39, 0.29) is 0 Å². The van der Waals surface area contributed by atoms with Gasteiger partial charge < -0.3 is 4.57 Å². The summed E-state index contributed by atoms with van der Waals surface area (Å²) < 4.78 is 2.41. The quantitative estimate of drug-likeness (QED) is 0.818. The lowest BCUT2D eigenvalue weighted by Gasteiger charge is -2.26. The van der Waals surface area contributed by atoms with Crippen molar-refractivity contribution < 1.29 is 0 Å². The van der Waals surface area contributed by atoms with Crippen LogP contribution in [0.2, 0.25) is 0 Å². The lowest BCUT2D eigenvalue weighted by Crippen LogP contribution is -2.15. The van der Waals surface area contributed by atoms with E-state index in [9.17, 15) is 0 Å². The molecule has 0 bridgehead atoms. The fourth-order valence-corrected chi connectivity index (χ4v) is 3.92. The van der Waals surface area contributed by atoms with Gasteiger partial charge in [0.15, 0.2) is 0 Å². The second-order valence-electron chi connectivity index (χ2n) is 6.42. The van der Waals surface area contributed by atoms with Crippen LogP contribution in [0.15, 0.2) is 12.3 Å². The molecule has 0 saturated heterocycles. The normalized spacial score (nSPS) is 21.7. The van der Waals surface area contributed by atoms with Crippen molar-refractivity contribution in [2.75, 3.05) is 0 Å². The molecule has 0 N–H and O–H groups in total. The third-order valence-electron chi connectivity index (χ3n) is 5.44. The molecule has 0 unspecified atom stereocenters. The molecule has 3 heteroatoms. The molecular weight excluding hydrogens is 246 g/mol. The van der Waals surface area contributed by atoms with Gasteiger partial charge in [-0.2, -0.15) is 0 Å². The van der Waals surface area contributed by atoms with Crippen molar-refractivity contribution in [3.05, 3.63) is 23.8 Å². The Morgan fingerprint density at radius 2 is 2.00 bits per heavy atom. The van der Waals surface area contributed by atoms with Gasteiger partial charge in [0.2, 0.25) is 0 Å². The molecule has 0 aliphatic heterocycles. The maximum Gasteiger partial charge on any atom is 0.144 e. The van der Waals surface area contributed by atoms with E-state index in [4.69, 9.17) is 4.98 Å². The Morgan fingerprint density at radius 3 is 2.65 bits per heavy atom. The van der Waals surface area contributed by atoms with Crippen LogP contribution in [-0.2, 0) is 0 Å². The molecule has 20 heavy (non-hydrogen) atoms. The van der Waals surface area contributed by atoms with Crippen molar-refractivity contribution in [2.45, 2.75) is 65.8 Å². The Hall–Kier alpha value is -1.38. The minimum absolute atomic E-state index is 0.554. The van der Waals surface area contributed by atoms with Crippen molar-refractivity contribution in [3.63, 3.8) is 0 Å². The Kier molecular flexibility index (Phi) is 3.31. The molecule has 1 saturated carbocycles. The van der Waals surface area contributed by atoms with Gasteiger partial charge in [-0.15, -0.1) is 0 Å². The van der Waals surface area contributed by atoms with Crippen molar-refractivity contribution in [2.24, 2.45) is 5.41 Å². The van der Waals surface area contributed by atoms with Crippen molar-refractivity contribution in [3.8, 4) is 0 Å². The van der Waals surface area contributed by atoms with Gasteiger partial charge in [0.05, 0.1) is 5.69 Å². The zero-order chi connectivity index (χ0) is 14.3. The number of hydrogen-bond donors (Lipinski definition) is 0. The molecule has 3 nitrogen and oxygen atoms in total. The van der Waals surface area contributed by atoms with Gasteiger partial charge >= 0.3 is 0 Å². The van der Waals surface area contributed by atoms with Crippen molar-refractivity contribution in [1.29, 1.82) is 0 Å². The first-order chi connectivity index (χ1) is 9.58. The van der Waals surface area contributed by atoms with Gasteiger partial charge in [0.25, 0.3) is 0 Å². The van der Waals surface area contributed by atoms with Crippen LogP contribution in [0.25, 0.3) is 11.0 Å². The van der Waals surface area contributed by atoms with Crippen LogP contribution >= 0.6 is 0 Å². The monoisotopic (exact) mass is 271 g/mol. The molecule has 3 rings (SSSR count). The number of rotatable bonds is 3. The lowest BCUT2D eigenvalue weighted by atomic mass is 9.81. The van der Waals surface area contributed by atoms with Gasteiger partial charge in [-0.25, -0.2) is 9.97 Å². The van der Waals surface area contributed by atoms with Crippen molar-refractivity contribution in [1.82, 2.24) is 14.5 Å². The topological polar surface area (TPSA) is 30.7 Å². The summed E-state index contributed by atoms with van der Waals surface area (Å²) in [5.41, 5.74) is 2.78. The summed E-state index contributed by atoms with van der Waals surface area (Å²) >= 11 is 0. The Labute approximate surface area is 121 Å². The van der Waals surface area contributed by atoms with Crippen LogP contribution in [0.4, 0.5) is 0 Å². The van der Waals surface area contributed by atoms with E-state index < -0.39 is 0 Å². The molecule has 1 fully saturated rings. The minimum atomic E-state index is 0.554. The fourth-order valence-electron chi connectivity index (χ4n) is 3.92. The molecule has 2 aromatic rings. The first-order valence-corrected chi connectivity index (χ1v) is 7.90. The standard InChI is InChI=1S/C17H25N3/c1-5-17(6-2)9-7-14(11-17)20-10-8-15-12(3)18-13(4)19-16(15)20/h8,10,14H,5-7,9,11H2,1-4H3/t14-/m1/s1. The maximum absolute atomic E-state index is 4.69. The summed E-state index contributed by atoms with van der Waals surface area (Å²) in [6, 6.07) is 2.79. The minimum Gasteiger partial charge on any atom is -0.329 e. The number of aryl methyl sites for hydroxylation is 2. The Balaban J connectivity index is 2.00. The average molecular weight is 271 g/mol. The second kappa shape index (κ2) is 4.87. The smallest absolute Gasteiger partial charge is 0.144 e. The highest BCUT2D eigenvalue weighted by atomic mass is 15.1. The summed E-state index contributed by atoms with van der Waals surface area (Å²) in [5, 5.41) is 1.21. The van der Waals surface area contributed by atoms with Crippen LogP contribution in [-0.4, -0.2) is 14.5 Å². The van der Waals surface area contributed by atoms with Crippen LogP contribution in [0.1, 0.15) is 63.5 Å². The molecule has 2 aromatic heterocycles. The van der Waals surface area contributed by atoms with Gasteiger partial charge in [-0.1, -0.05) is 26.7 Å². The van der Waals surface area contributed by atoms with Gasteiger partial charge in [-0.3, -0.25) is 0 Å². The highest BCUT2D eigenvalue weighted by Gasteiger charge is 2.37. The molecule has 2 heterocycles. The van der Waals surface area contributed by atoms with Crippen LogP contribution in [0.3, 0.4) is 0 Å². The number of nitrogens with zero attached hydrogens (tertiary/aromatic N) is 3. The van der Waals surface area contributed by atoms with Crippen LogP contribution in [0.5, 0.6) is 0 Å². The summed E-state index contributed by atoms with van der Waals surface area (Å²) in [6.07, 6.45) is 8.75. The van der Waals surface area contributed by atoms with E-state index in [1.165, 1.54) is 37.5 Å². The average Bonchev–Trinajstić information content (AvgIpc) is 3.02. The summed E-state index contributed by atoms with van der Waals surface area (Å²) in [4.78, 5) is 9.17. The van der Waals surface area contributed by atoms with E-state index in [1.807, 2.05) is 6.92 Å². The number of aromatic nitrogens is 3. The molecule has 108 valence electrons. The Bertz CT molecular complexity index is 622. The third-order valence-corrected chi connectivity index (χ3v) is 5.44. The first-order valence-electron chi connectivity index (χ1n) is 7.90. The van der Waals surface area contributed by atoms with E-state index in [0.717, 1.165) is 17.2 Å². The zero-order valence-corrected chi connectivity index (χ0v) is 13.1. The molecule has 1 atom stereocenters. The molecule has 0 aromatic carbocycles. The SMILES string of the molecule is CCC1(CC)CC[C@@H](n2ccc3c(C)nc(C)nc32)C1. The highest BCUT2D eigenvalue weighted by Crippen LogP contribution is 2.49. The van der Waals surface area contributed by atoms with Crippen LogP contribution < -0.4 is 0 Å². The number of hydrogen-bond acceptors (Lipinski definition) is 2. The lowest BCUT2D eigenvalue weighted by molar-refractivity contribution is 0.261. The second-order valence-corrected chi connectivity index (χ2v) is 6.42. The number of fused-ring (bicyclic) bond motifs is 1. The van der Waals surface area contributed by atoms with Crippen LogP contribution in [0, 0.1) is 19.3 Å². The molecule has 1 aliphatic rings. The summed E-state index contributed by atoms with van der Waals surface area (Å²) in [6.45, 7) is 8.76. The van der Waals surface area contributed by atoms with Gasteiger partial charge in [-0.05, 0) is 44.6 Å². The molecule has 0 radical (unpaired) electrons. The predicted molar refractivity (Wildman–Crippen MR) is 82.9 cm³/mol. The van der Waals surface area contributed by atoms with Gasteiger partial charge in [0, 0.05) is 17.6 Å². The van der Waals surface area contributed by atoms with E-state index in [2.05, 4.69) is 42.6 Å². The predicted octanol–water partition coefficient (Wildman–Crippen LogP) is 4.58. The van der Waals surface area contributed by atoms with Gasteiger partial charge in [0.1, 0.15) is 11.5 Å². The third kappa shape index (κ3) is 2.04. The van der Waals surface area contributed by atoms with E-state index in [0.29, 0.717) is 11.5 Å². The summed E-state index contributed by atoms with van der Waals surface area (Å²) in [5.74, 6) is 0.880.